The molecule has 1 aromatic carbocycles. The molecule has 90 valence electrons. The summed E-state index contributed by atoms with van der Waals surface area (Å²) in [6, 6.07) is 10.1. The van der Waals surface area contributed by atoms with Crippen molar-refractivity contribution in [3.8, 4) is 5.69 Å². The zero-order valence-electron chi connectivity index (χ0n) is 9.87. The molecule has 0 unspecified atom stereocenters. The molecule has 2 heterocycles. The summed E-state index contributed by atoms with van der Waals surface area (Å²) in [5.74, 6) is 0.529. The van der Waals surface area contributed by atoms with E-state index in [-0.39, 0.29) is 0 Å². The third-order valence-electron chi connectivity index (χ3n) is 2.83. The van der Waals surface area contributed by atoms with Gasteiger partial charge in [0, 0.05) is 16.5 Å². The van der Waals surface area contributed by atoms with Crippen LogP contribution in [0.1, 0.15) is 0 Å². The zero-order chi connectivity index (χ0) is 12.5. The lowest BCUT2D eigenvalue weighted by molar-refractivity contribution is 0.913. The van der Waals surface area contributed by atoms with Gasteiger partial charge in [-0.1, -0.05) is 0 Å². The summed E-state index contributed by atoms with van der Waals surface area (Å²) in [5, 5.41) is 5.29. The van der Waals surface area contributed by atoms with Crippen LogP contribution in [0, 0.1) is 0 Å². The number of hydrogen-bond acceptors (Lipinski definition) is 4. The van der Waals surface area contributed by atoms with E-state index in [0.717, 1.165) is 16.6 Å². The van der Waals surface area contributed by atoms with Crippen molar-refractivity contribution >= 4 is 28.5 Å². The van der Waals surface area contributed by atoms with Crippen LogP contribution in [-0.2, 0) is 0 Å². The molecular weight excluding hydrogens is 244 g/mol. The predicted molar refractivity (Wildman–Crippen MR) is 75.1 cm³/mol. The fourth-order valence-electron chi connectivity index (χ4n) is 1.91. The van der Waals surface area contributed by atoms with Crippen molar-refractivity contribution in [1.82, 2.24) is 14.8 Å². The van der Waals surface area contributed by atoms with Gasteiger partial charge in [-0.05, 0) is 36.6 Å². The van der Waals surface area contributed by atoms with Crippen molar-refractivity contribution < 1.29 is 0 Å². The Morgan fingerprint density at radius 1 is 1.17 bits per heavy atom. The Kier molecular flexibility index (Phi) is 2.68. The summed E-state index contributed by atoms with van der Waals surface area (Å²) in [6.07, 6.45) is 5.56. The van der Waals surface area contributed by atoms with Crippen molar-refractivity contribution in [2.24, 2.45) is 0 Å². The van der Waals surface area contributed by atoms with Crippen LogP contribution in [0.4, 0.5) is 5.82 Å². The molecule has 3 aromatic rings. The Labute approximate surface area is 109 Å². The molecule has 18 heavy (non-hydrogen) atoms. The molecule has 0 saturated carbocycles. The number of pyridine rings is 1. The van der Waals surface area contributed by atoms with Gasteiger partial charge in [-0.2, -0.15) is 0 Å². The molecule has 0 spiro atoms. The number of thioether (sulfide) groups is 1. The molecule has 2 N–H and O–H groups in total. The predicted octanol–water partition coefficient (Wildman–Crippen LogP) is 2.72. The van der Waals surface area contributed by atoms with Crippen molar-refractivity contribution in [2.75, 3.05) is 12.0 Å². The number of nitrogen functional groups attached to an aromatic ring is 1. The van der Waals surface area contributed by atoms with Gasteiger partial charge in [0.15, 0.2) is 5.82 Å². The SMILES string of the molecule is CSc1ccc(-n2nc(N)c3ccncc32)cc1. The molecule has 0 fully saturated rings. The Balaban J connectivity index is 2.18. The highest BCUT2D eigenvalue weighted by atomic mass is 32.2. The minimum atomic E-state index is 0.529. The maximum Gasteiger partial charge on any atom is 0.153 e. The average Bonchev–Trinajstić information content (AvgIpc) is 2.77. The average molecular weight is 256 g/mol. The van der Waals surface area contributed by atoms with Gasteiger partial charge < -0.3 is 5.73 Å². The number of benzene rings is 1. The first-order valence-electron chi connectivity index (χ1n) is 5.52. The van der Waals surface area contributed by atoms with Crippen LogP contribution in [0.2, 0.25) is 0 Å². The van der Waals surface area contributed by atoms with E-state index in [1.165, 1.54) is 4.90 Å². The second kappa shape index (κ2) is 4.34. The van der Waals surface area contributed by atoms with Crippen LogP contribution in [0.15, 0.2) is 47.6 Å². The Bertz CT molecular complexity index is 688. The highest BCUT2D eigenvalue weighted by molar-refractivity contribution is 7.98. The Morgan fingerprint density at radius 2 is 1.94 bits per heavy atom. The smallest absolute Gasteiger partial charge is 0.153 e. The summed E-state index contributed by atoms with van der Waals surface area (Å²) in [7, 11) is 0. The molecular formula is C13H12N4S. The number of hydrogen-bond donors (Lipinski definition) is 1. The van der Waals surface area contributed by atoms with Crippen LogP contribution in [0.5, 0.6) is 0 Å². The summed E-state index contributed by atoms with van der Waals surface area (Å²) in [5.41, 5.74) is 7.82. The standard InChI is InChI=1S/C13H12N4S/c1-18-10-4-2-9(3-5-10)17-12-8-15-7-6-11(12)13(14)16-17/h2-8H,1H3,(H2,14,16). The molecule has 0 bridgehead atoms. The van der Waals surface area contributed by atoms with Gasteiger partial charge in [-0.3, -0.25) is 4.98 Å². The van der Waals surface area contributed by atoms with Crippen molar-refractivity contribution in [3.05, 3.63) is 42.7 Å². The van der Waals surface area contributed by atoms with Gasteiger partial charge in [0.25, 0.3) is 0 Å². The molecule has 0 amide bonds. The minimum absolute atomic E-state index is 0.529. The van der Waals surface area contributed by atoms with Gasteiger partial charge in [0.1, 0.15) is 0 Å². The van der Waals surface area contributed by atoms with E-state index in [1.54, 1.807) is 24.2 Å². The lowest BCUT2D eigenvalue weighted by Gasteiger charge is -2.03. The van der Waals surface area contributed by atoms with E-state index >= 15 is 0 Å². The monoisotopic (exact) mass is 256 g/mol. The minimum Gasteiger partial charge on any atom is -0.382 e. The first-order chi connectivity index (χ1) is 8.79. The van der Waals surface area contributed by atoms with E-state index in [0.29, 0.717) is 5.82 Å². The van der Waals surface area contributed by atoms with Crippen LogP contribution in [0.25, 0.3) is 16.6 Å². The van der Waals surface area contributed by atoms with Gasteiger partial charge in [-0.25, -0.2) is 4.68 Å². The molecule has 4 nitrogen and oxygen atoms in total. The summed E-state index contributed by atoms with van der Waals surface area (Å²) < 4.78 is 1.82. The Morgan fingerprint density at radius 3 is 2.67 bits per heavy atom. The number of aromatic nitrogens is 3. The van der Waals surface area contributed by atoms with Crippen LogP contribution in [-0.4, -0.2) is 21.0 Å². The van der Waals surface area contributed by atoms with Gasteiger partial charge in [0.2, 0.25) is 0 Å². The molecule has 0 atom stereocenters. The molecule has 3 rings (SSSR count). The highest BCUT2D eigenvalue weighted by Crippen LogP contribution is 2.24. The first-order valence-corrected chi connectivity index (χ1v) is 6.75. The number of anilines is 1. The second-order valence-electron chi connectivity index (χ2n) is 3.89. The molecule has 0 aliphatic carbocycles. The number of rotatable bonds is 2. The lowest BCUT2D eigenvalue weighted by Crippen LogP contribution is -1.97. The number of fused-ring (bicyclic) bond motifs is 1. The van der Waals surface area contributed by atoms with Gasteiger partial charge in [0.05, 0.1) is 17.4 Å². The molecule has 0 aliphatic rings. The number of nitrogens with two attached hydrogens (primary N) is 1. The lowest BCUT2D eigenvalue weighted by atomic mass is 10.3. The third kappa shape index (κ3) is 1.73. The fourth-order valence-corrected chi connectivity index (χ4v) is 2.32. The highest BCUT2D eigenvalue weighted by Gasteiger charge is 2.08. The second-order valence-corrected chi connectivity index (χ2v) is 4.77. The number of nitrogens with zero attached hydrogens (tertiary/aromatic N) is 3. The van der Waals surface area contributed by atoms with Gasteiger partial charge in [-0.15, -0.1) is 16.9 Å². The quantitative estimate of drug-likeness (QED) is 0.716. The van der Waals surface area contributed by atoms with Crippen LogP contribution in [0.3, 0.4) is 0 Å². The van der Waals surface area contributed by atoms with E-state index in [4.69, 9.17) is 5.73 Å². The normalized spacial score (nSPS) is 10.9. The van der Waals surface area contributed by atoms with Crippen molar-refractivity contribution in [2.45, 2.75) is 4.90 Å². The fraction of sp³-hybridized carbons (Fsp3) is 0.0769. The van der Waals surface area contributed by atoms with Crippen LogP contribution < -0.4 is 5.73 Å². The van der Waals surface area contributed by atoms with E-state index in [9.17, 15) is 0 Å². The summed E-state index contributed by atoms with van der Waals surface area (Å²) in [6.45, 7) is 0. The van der Waals surface area contributed by atoms with E-state index in [2.05, 4.69) is 28.5 Å². The topological polar surface area (TPSA) is 56.7 Å². The molecule has 5 heteroatoms. The maximum atomic E-state index is 5.91. The molecule has 0 aliphatic heterocycles. The largest absolute Gasteiger partial charge is 0.382 e. The zero-order valence-corrected chi connectivity index (χ0v) is 10.7. The maximum absolute atomic E-state index is 5.91. The van der Waals surface area contributed by atoms with Crippen molar-refractivity contribution in [3.63, 3.8) is 0 Å². The molecule has 2 aromatic heterocycles. The molecule has 0 saturated heterocycles. The first kappa shape index (κ1) is 11.1. The Hall–Kier alpha value is -2.01. The van der Waals surface area contributed by atoms with Crippen LogP contribution >= 0.6 is 11.8 Å². The van der Waals surface area contributed by atoms with Crippen molar-refractivity contribution in [1.29, 1.82) is 0 Å². The van der Waals surface area contributed by atoms with E-state index in [1.807, 2.05) is 22.9 Å². The summed E-state index contributed by atoms with van der Waals surface area (Å²) >= 11 is 1.71. The molecule has 0 radical (unpaired) electrons. The van der Waals surface area contributed by atoms with E-state index < -0.39 is 0 Å². The third-order valence-corrected chi connectivity index (χ3v) is 3.57. The summed E-state index contributed by atoms with van der Waals surface area (Å²) in [4.78, 5) is 5.35. The van der Waals surface area contributed by atoms with Gasteiger partial charge >= 0.3 is 0 Å².